The van der Waals surface area contributed by atoms with Crippen molar-refractivity contribution in [2.24, 2.45) is 0 Å². The third-order valence-corrected chi connectivity index (χ3v) is 2.75. The fourth-order valence-electron chi connectivity index (χ4n) is 1.52. The first kappa shape index (κ1) is 11.8. The van der Waals surface area contributed by atoms with Crippen LogP contribution in [0.1, 0.15) is 18.4 Å². The van der Waals surface area contributed by atoms with Gasteiger partial charge in [0.1, 0.15) is 0 Å². The maximum absolute atomic E-state index is 5.22. The fraction of sp³-hybridized carbons (Fsp3) is 0.385. The van der Waals surface area contributed by atoms with E-state index in [-0.39, 0.29) is 0 Å². The van der Waals surface area contributed by atoms with Gasteiger partial charge in [-0.15, -0.1) is 0 Å². The van der Waals surface area contributed by atoms with E-state index >= 15 is 0 Å². The lowest BCUT2D eigenvalue weighted by molar-refractivity contribution is 0.365. The van der Waals surface area contributed by atoms with Gasteiger partial charge in [-0.25, -0.2) is 0 Å². The van der Waals surface area contributed by atoms with Crippen LogP contribution >= 0.6 is 0 Å². The highest BCUT2D eigenvalue weighted by atomic mass is 16.5. The minimum absolute atomic E-state index is 0.335. The lowest BCUT2D eigenvalue weighted by Gasteiger charge is -2.04. The zero-order chi connectivity index (χ0) is 12.3. The largest absolute Gasteiger partial charge is 0.339 e. The van der Waals surface area contributed by atoms with E-state index in [1.807, 2.05) is 31.3 Å². The Balaban J connectivity index is 2.15. The number of nitrogens with zero attached hydrogens (tertiary/aromatic N) is 2. The molecule has 0 radical (unpaired) electrons. The molecule has 0 aliphatic heterocycles. The summed E-state index contributed by atoms with van der Waals surface area (Å²) in [6.45, 7) is 4.13. The maximum Gasteiger partial charge on any atom is 0.228 e. The summed E-state index contributed by atoms with van der Waals surface area (Å²) in [4.78, 5) is 4.38. The van der Waals surface area contributed by atoms with Crippen LogP contribution in [-0.4, -0.2) is 23.2 Å². The van der Waals surface area contributed by atoms with Crippen LogP contribution < -0.4 is 5.32 Å². The van der Waals surface area contributed by atoms with Gasteiger partial charge >= 0.3 is 0 Å². The fourth-order valence-corrected chi connectivity index (χ4v) is 1.52. The number of aromatic nitrogens is 2. The number of rotatable bonds is 4. The molecule has 90 valence electrons. The van der Waals surface area contributed by atoms with Crippen LogP contribution in [-0.2, 0) is 6.42 Å². The average molecular weight is 231 g/mol. The van der Waals surface area contributed by atoms with Crippen molar-refractivity contribution >= 4 is 0 Å². The summed E-state index contributed by atoms with van der Waals surface area (Å²) in [6.07, 6.45) is 0.745. The molecule has 2 rings (SSSR count). The third kappa shape index (κ3) is 2.91. The number of likely N-dealkylation sites (N-methyl/N-ethyl adjacent to an activating group) is 1. The Hall–Kier alpha value is -1.68. The van der Waals surface area contributed by atoms with Gasteiger partial charge < -0.3 is 9.84 Å². The summed E-state index contributed by atoms with van der Waals surface area (Å²) in [5.41, 5.74) is 2.21. The molecule has 17 heavy (non-hydrogen) atoms. The minimum Gasteiger partial charge on any atom is -0.339 e. The average Bonchev–Trinajstić information content (AvgIpc) is 2.78. The van der Waals surface area contributed by atoms with E-state index in [1.54, 1.807) is 0 Å². The molecule has 0 saturated carbocycles. The molecule has 1 aromatic carbocycles. The van der Waals surface area contributed by atoms with E-state index in [1.165, 1.54) is 5.56 Å². The second-order valence-electron chi connectivity index (χ2n) is 4.27. The second kappa shape index (κ2) is 5.10. The van der Waals surface area contributed by atoms with Crippen molar-refractivity contribution in [1.29, 1.82) is 0 Å². The van der Waals surface area contributed by atoms with Gasteiger partial charge in [-0.1, -0.05) is 35.0 Å². The van der Waals surface area contributed by atoms with Crippen molar-refractivity contribution in [3.05, 3.63) is 35.7 Å². The molecular formula is C13H17N3O. The summed E-state index contributed by atoms with van der Waals surface area (Å²) in [7, 11) is 1.92. The smallest absolute Gasteiger partial charge is 0.228 e. The predicted molar refractivity (Wildman–Crippen MR) is 66.7 cm³/mol. The third-order valence-electron chi connectivity index (χ3n) is 2.75. The van der Waals surface area contributed by atoms with E-state index in [0.29, 0.717) is 17.8 Å². The molecule has 2 aromatic rings. The highest BCUT2D eigenvalue weighted by Gasteiger charge is 2.10. The van der Waals surface area contributed by atoms with Crippen LogP contribution in [0.5, 0.6) is 0 Å². The lowest BCUT2D eigenvalue weighted by Crippen LogP contribution is -2.23. The van der Waals surface area contributed by atoms with Crippen LogP contribution in [0.2, 0.25) is 0 Å². The molecule has 1 aromatic heterocycles. The first-order valence-electron chi connectivity index (χ1n) is 5.76. The van der Waals surface area contributed by atoms with Crippen LogP contribution in [0.4, 0.5) is 0 Å². The molecule has 4 nitrogen and oxygen atoms in total. The summed E-state index contributed by atoms with van der Waals surface area (Å²) < 4.78 is 5.22. The Bertz CT molecular complexity index is 476. The molecule has 0 fully saturated rings. The van der Waals surface area contributed by atoms with Gasteiger partial charge in [-0.3, -0.25) is 0 Å². The molecule has 4 heteroatoms. The van der Waals surface area contributed by atoms with E-state index < -0.39 is 0 Å². The number of aryl methyl sites for hydroxylation is 1. The summed E-state index contributed by atoms with van der Waals surface area (Å²) in [5.74, 6) is 1.32. The first-order valence-corrected chi connectivity index (χ1v) is 5.76. The predicted octanol–water partition coefficient (Wildman–Crippen LogP) is 2.20. The Morgan fingerprint density at radius 1 is 1.29 bits per heavy atom. The van der Waals surface area contributed by atoms with Gasteiger partial charge in [0.15, 0.2) is 0 Å². The molecule has 1 unspecified atom stereocenters. The highest BCUT2D eigenvalue weighted by molar-refractivity contribution is 5.54. The quantitative estimate of drug-likeness (QED) is 0.876. The zero-order valence-corrected chi connectivity index (χ0v) is 10.4. The topological polar surface area (TPSA) is 51.0 Å². The van der Waals surface area contributed by atoms with E-state index in [2.05, 4.69) is 29.3 Å². The second-order valence-corrected chi connectivity index (χ2v) is 4.27. The number of nitrogens with one attached hydrogen (secondary N) is 1. The van der Waals surface area contributed by atoms with Gasteiger partial charge in [0.25, 0.3) is 0 Å². The van der Waals surface area contributed by atoms with Crippen molar-refractivity contribution in [3.63, 3.8) is 0 Å². The van der Waals surface area contributed by atoms with Gasteiger partial charge in [-0.05, 0) is 20.9 Å². The van der Waals surface area contributed by atoms with Crippen LogP contribution in [0.15, 0.2) is 28.8 Å². The number of benzene rings is 1. The molecule has 0 amide bonds. The standard InChI is InChI=1S/C13H17N3O/c1-9-4-6-11(7-5-9)13-15-12(17-16-13)8-10(2)14-3/h4-7,10,14H,8H2,1-3H3. The molecule has 1 N–H and O–H groups in total. The Morgan fingerprint density at radius 2 is 2.00 bits per heavy atom. The van der Waals surface area contributed by atoms with E-state index in [0.717, 1.165) is 12.0 Å². The molecule has 0 saturated heterocycles. The number of hydrogen-bond acceptors (Lipinski definition) is 4. The Labute approximate surface area is 101 Å². The van der Waals surface area contributed by atoms with Gasteiger partial charge in [0.2, 0.25) is 11.7 Å². The summed E-state index contributed by atoms with van der Waals surface area (Å²) in [6, 6.07) is 8.43. The molecule has 1 atom stereocenters. The normalized spacial score (nSPS) is 12.6. The molecule has 0 aliphatic carbocycles. The van der Waals surface area contributed by atoms with Crippen molar-refractivity contribution < 1.29 is 4.52 Å². The summed E-state index contributed by atoms with van der Waals surface area (Å²) >= 11 is 0. The van der Waals surface area contributed by atoms with E-state index in [9.17, 15) is 0 Å². The van der Waals surface area contributed by atoms with Crippen molar-refractivity contribution in [3.8, 4) is 11.4 Å². The van der Waals surface area contributed by atoms with Gasteiger partial charge in [0, 0.05) is 18.0 Å². The maximum atomic E-state index is 5.22. The van der Waals surface area contributed by atoms with Gasteiger partial charge in [0.05, 0.1) is 0 Å². The number of hydrogen-bond donors (Lipinski definition) is 1. The molecule has 0 aliphatic rings. The van der Waals surface area contributed by atoms with Crippen molar-refractivity contribution in [2.75, 3.05) is 7.05 Å². The van der Waals surface area contributed by atoms with Crippen molar-refractivity contribution in [2.45, 2.75) is 26.3 Å². The van der Waals surface area contributed by atoms with Crippen LogP contribution in [0.3, 0.4) is 0 Å². The van der Waals surface area contributed by atoms with Crippen molar-refractivity contribution in [1.82, 2.24) is 15.5 Å². The van der Waals surface area contributed by atoms with Gasteiger partial charge in [-0.2, -0.15) is 4.98 Å². The van der Waals surface area contributed by atoms with E-state index in [4.69, 9.17) is 4.52 Å². The molecule has 0 spiro atoms. The SMILES string of the molecule is CNC(C)Cc1nc(-c2ccc(C)cc2)no1. The van der Waals surface area contributed by atoms with Crippen LogP contribution in [0, 0.1) is 6.92 Å². The Kier molecular flexibility index (Phi) is 3.54. The van der Waals surface area contributed by atoms with Crippen LogP contribution in [0.25, 0.3) is 11.4 Å². The molecule has 1 heterocycles. The molecular weight excluding hydrogens is 214 g/mol. The zero-order valence-electron chi connectivity index (χ0n) is 10.4. The minimum atomic E-state index is 0.335. The highest BCUT2D eigenvalue weighted by Crippen LogP contribution is 2.16. The Morgan fingerprint density at radius 3 is 2.65 bits per heavy atom. The first-order chi connectivity index (χ1) is 8.19. The lowest BCUT2D eigenvalue weighted by atomic mass is 10.1. The monoisotopic (exact) mass is 231 g/mol. The summed E-state index contributed by atoms with van der Waals surface area (Å²) in [5, 5.41) is 7.13. The molecule has 0 bridgehead atoms.